The summed E-state index contributed by atoms with van der Waals surface area (Å²) >= 11 is 0. The van der Waals surface area contributed by atoms with E-state index in [1.807, 2.05) is 0 Å². The minimum Gasteiger partial charge on any atom is -0.394 e. The van der Waals surface area contributed by atoms with Crippen LogP contribution in [0.4, 0.5) is 0 Å². The van der Waals surface area contributed by atoms with Crippen LogP contribution in [0.15, 0.2) is 0 Å². The van der Waals surface area contributed by atoms with Gasteiger partial charge in [-0.2, -0.15) is 0 Å². The van der Waals surface area contributed by atoms with Crippen LogP contribution >= 0.6 is 0 Å². The molecule has 2 rings (SSSR count). The SMILES string of the molecule is NC(=O)[C@H](CO)N1CC2(CCOCC2)C1O. The topological polar surface area (TPSA) is 96.0 Å². The summed E-state index contributed by atoms with van der Waals surface area (Å²) in [5.74, 6) is -0.594. The van der Waals surface area contributed by atoms with Crippen LogP contribution in [0.5, 0.6) is 0 Å². The largest absolute Gasteiger partial charge is 0.394 e. The predicted octanol–water partition coefficient (Wildman–Crippen LogP) is -1.74. The molecule has 1 spiro atoms. The van der Waals surface area contributed by atoms with Gasteiger partial charge in [-0.1, -0.05) is 0 Å². The summed E-state index contributed by atoms with van der Waals surface area (Å²) in [5, 5.41) is 19.1. The molecule has 2 atom stereocenters. The molecule has 4 N–H and O–H groups in total. The molecule has 6 nitrogen and oxygen atoms in total. The molecule has 1 unspecified atom stereocenters. The molecular weight excluding hydrogens is 212 g/mol. The summed E-state index contributed by atoms with van der Waals surface area (Å²) in [6.45, 7) is 1.54. The fourth-order valence-electron chi connectivity index (χ4n) is 2.60. The van der Waals surface area contributed by atoms with Gasteiger partial charge < -0.3 is 20.7 Å². The van der Waals surface area contributed by atoms with Gasteiger partial charge >= 0.3 is 0 Å². The van der Waals surface area contributed by atoms with Crippen LogP contribution < -0.4 is 5.73 Å². The van der Waals surface area contributed by atoms with E-state index in [-0.39, 0.29) is 12.0 Å². The number of hydrogen-bond donors (Lipinski definition) is 3. The van der Waals surface area contributed by atoms with Crippen molar-refractivity contribution in [1.29, 1.82) is 0 Å². The van der Waals surface area contributed by atoms with Crippen LogP contribution in [0, 0.1) is 5.41 Å². The lowest BCUT2D eigenvalue weighted by molar-refractivity contribution is -0.238. The Hall–Kier alpha value is -0.690. The number of carbonyl (C=O) groups excluding carboxylic acids is 1. The number of nitrogens with two attached hydrogens (primary N) is 1. The van der Waals surface area contributed by atoms with E-state index in [2.05, 4.69) is 0 Å². The molecule has 0 aliphatic carbocycles. The molecule has 2 aliphatic rings. The quantitative estimate of drug-likeness (QED) is 0.535. The molecule has 0 aromatic rings. The minimum absolute atomic E-state index is 0.166. The molecule has 2 fully saturated rings. The second-order valence-corrected chi connectivity index (χ2v) is 4.62. The average Bonchev–Trinajstić information content (AvgIpc) is 2.29. The first-order valence-corrected chi connectivity index (χ1v) is 5.52. The van der Waals surface area contributed by atoms with Gasteiger partial charge in [-0.3, -0.25) is 9.69 Å². The van der Waals surface area contributed by atoms with E-state index in [0.29, 0.717) is 19.8 Å². The van der Waals surface area contributed by atoms with Gasteiger partial charge in [-0.25, -0.2) is 0 Å². The lowest BCUT2D eigenvalue weighted by atomic mass is 9.70. The van der Waals surface area contributed by atoms with Gasteiger partial charge in [0.05, 0.1) is 6.61 Å². The molecule has 2 heterocycles. The Balaban J connectivity index is 2.00. The van der Waals surface area contributed by atoms with E-state index < -0.39 is 18.2 Å². The van der Waals surface area contributed by atoms with Gasteiger partial charge in [-0.05, 0) is 12.8 Å². The van der Waals surface area contributed by atoms with Crippen molar-refractivity contribution >= 4 is 5.91 Å². The second kappa shape index (κ2) is 4.29. The van der Waals surface area contributed by atoms with E-state index in [0.717, 1.165) is 12.8 Å². The first-order chi connectivity index (χ1) is 7.60. The molecule has 1 amide bonds. The summed E-state index contributed by atoms with van der Waals surface area (Å²) < 4.78 is 5.25. The van der Waals surface area contributed by atoms with Crippen LogP contribution in [-0.2, 0) is 9.53 Å². The zero-order chi connectivity index (χ0) is 11.8. The number of hydrogen-bond acceptors (Lipinski definition) is 5. The smallest absolute Gasteiger partial charge is 0.237 e. The lowest BCUT2D eigenvalue weighted by Crippen LogP contribution is -2.71. The van der Waals surface area contributed by atoms with Crippen LogP contribution in [0.25, 0.3) is 0 Å². The highest BCUT2D eigenvalue weighted by atomic mass is 16.5. The number of aliphatic hydroxyl groups excluding tert-OH is 2. The number of ether oxygens (including phenoxy) is 1. The molecule has 0 aromatic carbocycles. The van der Waals surface area contributed by atoms with Crippen molar-refractivity contribution in [2.75, 3.05) is 26.4 Å². The summed E-state index contributed by atoms with van der Waals surface area (Å²) in [6, 6.07) is -0.775. The number of likely N-dealkylation sites (tertiary alicyclic amines) is 1. The maximum atomic E-state index is 11.1. The Morgan fingerprint density at radius 2 is 2.19 bits per heavy atom. The number of primary amides is 1. The Labute approximate surface area is 94.0 Å². The Bertz CT molecular complexity index is 278. The monoisotopic (exact) mass is 230 g/mol. The number of nitrogens with zero attached hydrogens (tertiary/aromatic N) is 1. The highest BCUT2D eigenvalue weighted by Crippen LogP contribution is 2.45. The lowest BCUT2D eigenvalue weighted by Gasteiger charge is -2.58. The van der Waals surface area contributed by atoms with Crippen molar-refractivity contribution in [2.24, 2.45) is 11.1 Å². The van der Waals surface area contributed by atoms with Gasteiger partial charge in [0.1, 0.15) is 12.3 Å². The fourth-order valence-corrected chi connectivity index (χ4v) is 2.60. The molecule has 0 radical (unpaired) electrons. The predicted molar refractivity (Wildman–Crippen MR) is 55.3 cm³/mol. The van der Waals surface area contributed by atoms with E-state index in [1.54, 1.807) is 4.90 Å². The number of aliphatic hydroxyl groups is 2. The van der Waals surface area contributed by atoms with E-state index in [4.69, 9.17) is 15.6 Å². The first-order valence-electron chi connectivity index (χ1n) is 5.52. The van der Waals surface area contributed by atoms with Gasteiger partial charge in [0.25, 0.3) is 0 Å². The Morgan fingerprint density at radius 1 is 1.56 bits per heavy atom. The third-order valence-corrected chi connectivity index (χ3v) is 3.75. The molecule has 6 heteroatoms. The zero-order valence-corrected chi connectivity index (χ0v) is 9.13. The van der Waals surface area contributed by atoms with Crippen molar-refractivity contribution in [3.8, 4) is 0 Å². The van der Waals surface area contributed by atoms with Gasteiger partial charge in [-0.15, -0.1) is 0 Å². The van der Waals surface area contributed by atoms with E-state index in [1.165, 1.54) is 0 Å². The maximum absolute atomic E-state index is 11.1. The average molecular weight is 230 g/mol. The van der Waals surface area contributed by atoms with Crippen molar-refractivity contribution in [1.82, 2.24) is 4.90 Å². The van der Waals surface area contributed by atoms with Crippen molar-refractivity contribution in [3.05, 3.63) is 0 Å². The van der Waals surface area contributed by atoms with Gasteiger partial charge in [0, 0.05) is 25.2 Å². The van der Waals surface area contributed by atoms with E-state index in [9.17, 15) is 9.90 Å². The summed E-state index contributed by atoms with van der Waals surface area (Å²) in [4.78, 5) is 12.6. The van der Waals surface area contributed by atoms with Crippen LogP contribution in [0.3, 0.4) is 0 Å². The second-order valence-electron chi connectivity index (χ2n) is 4.62. The first kappa shape index (κ1) is 11.8. The Kier molecular flexibility index (Phi) is 3.16. The third-order valence-electron chi connectivity index (χ3n) is 3.75. The molecule has 0 bridgehead atoms. The Morgan fingerprint density at radius 3 is 2.62 bits per heavy atom. The van der Waals surface area contributed by atoms with Crippen LogP contribution in [-0.4, -0.2) is 59.7 Å². The summed E-state index contributed by atoms with van der Waals surface area (Å²) in [6.07, 6.45) is 0.893. The molecule has 0 saturated carbocycles. The number of rotatable bonds is 3. The van der Waals surface area contributed by atoms with Crippen molar-refractivity contribution in [3.63, 3.8) is 0 Å². The molecule has 2 aliphatic heterocycles. The minimum atomic E-state index is -0.775. The van der Waals surface area contributed by atoms with Crippen molar-refractivity contribution < 1.29 is 19.7 Å². The number of amides is 1. The molecular formula is C10H18N2O4. The van der Waals surface area contributed by atoms with Crippen molar-refractivity contribution in [2.45, 2.75) is 25.1 Å². The third kappa shape index (κ3) is 1.71. The molecule has 92 valence electrons. The molecule has 16 heavy (non-hydrogen) atoms. The van der Waals surface area contributed by atoms with E-state index >= 15 is 0 Å². The van der Waals surface area contributed by atoms with Crippen LogP contribution in [0.1, 0.15) is 12.8 Å². The maximum Gasteiger partial charge on any atom is 0.237 e. The molecule has 0 aromatic heterocycles. The zero-order valence-electron chi connectivity index (χ0n) is 9.13. The normalized spacial score (nSPS) is 31.0. The fraction of sp³-hybridized carbons (Fsp3) is 0.900. The van der Waals surface area contributed by atoms with Crippen LogP contribution in [0.2, 0.25) is 0 Å². The molecule has 2 saturated heterocycles. The summed E-state index contributed by atoms with van der Waals surface area (Å²) in [7, 11) is 0. The number of carbonyl (C=O) groups is 1. The highest BCUT2D eigenvalue weighted by Gasteiger charge is 2.55. The van der Waals surface area contributed by atoms with Gasteiger partial charge in [0.2, 0.25) is 5.91 Å². The van der Waals surface area contributed by atoms with Gasteiger partial charge in [0.15, 0.2) is 0 Å². The summed E-state index contributed by atoms with van der Waals surface area (Å²) in [5.41, 5.74) is 5.00. The standard InChI is InChI=1S/C10H18N2O4/c11-8(14)7(5-13)12-6-10(9(12)15)1-3-16-4-2-10/h7,9,13,15H,1-6H2,(H2,11,14)/t7-,9?/m0/s1. The highest BCUT2D eigenvalue weighted by molar-refractivity contribution is 5.80.